The second-order valence-electron chi connectivity index (χ2n) is 6.89. The molecular formula is C21H22N4O2S. The number of amides is 2. The molecular weight excluding hydrogens is 372 g/mol. The molecule has 144 valence electrons. The summed E-state index contributed by atoms with van der Waals surface area (Å²) < 4.78 is 0. The first-order chi connectivity index (χ1) is 13.6. The van der Waals surface area contributed by atoms with E-state index in [9.17, 15) is 9.59 Å². The van der Waals surface area contributed by atoms with Gasteiger partial charge in [-0.3, -0.25) is 9.59 Å². The highest BCUT2D eigenvalue weighted by molar-refractivity contribution is 7.21. The molecule has 2 aromatic heterocycles. The minimum Gasteiger partial charge on any atom is -0.397 e. The fraction of sp³-hybridized carbons (Fsp3) is 0.286. The van der Waals surface area contributed by atoms with Gasteiger partial charge in [0.05, 0.1) is 17.4 Å². The highest BCUT2D eigenvalue weighted by Crippen LogP contribution is 2.36. The van der Waals surface area contributed by atoms with Gasteiger partial charge in [0.15, 0.2) is 0 Å². The Hall–Kier alpha value is -2.93. The average molecular weight is 395 g/mol. The summed E-state index contributed by atoms with van der Waals surface area (Å²) in [6.07, 6.45) is 2.92. The van der Waals surface area contributed by atoms with E-state index >= 15 is 0 Å². The normalized spacial score (nSPS) is 16.9. The van der Waals surface area contributed by atoms with Gasteiger partial charge >= 0.3 is 0 Å². The minimum atomic E-state index is -0.208. The topological polar surface area (TPSA) is 88.3 Å². The number of thiophene rings is 1. The number of aromatic nitrogens is 1. The van der Waals surface area contributed by atoms with Crippen LogP contribution in [-0.4, -0.2) is 35.3 Å². The third-order valence-corrected chi connectivity index (χ3v) is 6.29. The Morgan fingerprint density at radius 1 is 1.18 bits per heavy atom. The smallest absolute Gasteiger partial charge is 0.263 e. The molecule has 4 rings (SSSR count). The van der Waals surface area contributed by atoms with Gasteiger partial charge in [0.1, 0.15) is 9.71 Å². The lowest BCUT2D eigenvalue weighted by Crippen LogP contribution is -2.38. The summed E-state index contributed by atoms with van der Waals surface area (Å²) in [5.74, 6) is -0.176. The SMILES string of the molecule is CNC(=O)c1sc2nc([C@@H]3CCCCN3C(=O)c3ccccc3)ccc2c1N. The standard InChI is InChI=1S/C21H22N4O2S/c1-23-19(26)18-17(22)14-10-11-15(24-20(14)28-18)16-9-5-6-12-25(16)21(27)13-7-3-2-4-8-13/h2-4,7-8,10-11,16H,5-6,9,12,22H2,1H3,(H,23,26)/t16-/m0/s1. The number of hydrogen-bond donors (Lipinski definition) is 2. The quantitative estimate of drug-likeness (QED) is 0.710. The maximum absolute atomic E-state index is 13.1. The number of nitrogens with one attached hydrogen (secondary N) is 1. The largest absolute Gasteiger partial charge is 0.397 e. The van der Waals surface area contributed by atoms with Gasteiger partial charge in [0.2, 0.25) is 0 Å². The highest BCUT2D eigenvalue weighted by atomic mass is 32.1. The number of carbonyl (C=O) groups excluding carboxylic acids is 2. The molecule has 6 nitrogen and oxygen atoms in total. The van der Waals surface area contributed by atoms with Crippen LogP contribution in [0.1, 0.15) is 51.0 Å². The number of nitrogen functional groups attached to an aromatic ring is 1. The van der Waals surface area contributed by atoms with E-state index in [1.54, 1.807) is 7.05 Å². The van der Waals surface area contributed by atoms with Crippen molar-refractivity contribution in [2.45, 2.75) is 25.3 Å². The lowest BCUT2D eigenvalue weighted by Gasteiger charge is -2.35. The van der Waals surface area contributed by atoms with Gasteiger partial charge in [0, 0.05) is 24.5 Å². The van der Waals surface area contributed by atoms with Crippen LogP contribution in [0.5, 0.6) is 0 Å². The number of carbonyl (C=O) groups is 2. The molecule has 0 bridgehead atoms. The Morgan fingerprint density at radius 3 is 2.71 bits per heavy atom. The van der Waals surface area contributed by atoms with E-state index in [2.05, 4.69) is 5.32 Å². The molecule has 1 aromatic carbocycles. The number of likely N-dealkylation sites (tertiary alicyclic amines) is 1. The Balaban J connectivity index is 1.70. The van der Waals surface area contributed by atoms with Crippen LogP contribution < -0.4 is 11.1 Å². The van der Waals surface area contributed by atoms with Crippen molar-refractivity contribution in [2.75, 3.05) is 19.3 Å². The number of benzene rings is 1. The van der Waals surface area contributed by atoms with Crippen LogP contribution in [0.15, 0.2) is 42.5 Å². The number of fused-ring (bicyclic) bond motifs is 1. The molecule has 0 spiro atoms. The third-order valence-electron chi connectivity index (χ3n) is 5.17. The van der Waals surface area contributed by atoms with Gasteiger partial charge in [0.25, 0.3) is 11.8 Å². The van der Waals surface area contributed by atoms with Crippen molar-refractivity contribution in [2.24, 2.45) is 0 Å². The van der Waals surface area contributed by atoms with Crippen molar-refractivity contribution < 1.29 is 9.59 Å². The number of piperidine rings is 1. The van der Waals surface area contributed by atoms with Crippen LogP contribution in [0.25, 0.3) is 10.2 Å². The minimum absolute atomic E-state index is 0.0314. The van der Waals surface area contributed by atoms with Crippen molar-refractivity contribution in [1.82, 2.24) is 15.2 Å². The van der Waals surface area contributed by atoms with Crippen LogP contribution in [0.3, 0.4) is 0 Å². The molecule has 0 aliphatic carbocycles. The van der Waals surface area contributed by atoms with E-state index in [1.807, 2.05) is 47.4 Å². The number of hydrogen-bond acceptors (Lipinski definition) is 5. The summed E-state index contributed by atoms with van der Waals surface area (Å²) in [6.45, 7) is 0.716. The Labute approximate surface area is 167 Å². The highest BCUT2D eigenvalue weighted by Gasteiger charge is 2.30. The van der Waals surface area contributed by atoms with E-state index in [1.165, 1.54) is 11.3 Å². The molecule has 0 saturated carbocycles. The predicted octanol–water partition coefficient (Wildman–Crippen LogP) is 3.61. The van der Waals surface area contributed by atoms with Crippen LogP contribution in [0.4, 0.5) is 5.69 Å². The summed E-state index contributed by atoms with van der Waals surface area (Å²) in [6, 6.07) is 13.1. The van der Waals surface area contributed by atoms with Crippen molar-refractivity contribution in [3.8, 4) is 0 Å². The van der Waals surface area contributed by atoms with E-state index in [0.29, 0.717) is 22.7 Å². The second-order valence-corrected chi connectivity index (χ2v) is 7.89. The molecule has 1 saturated heterocycles. The monoisotopic (exact) mass is 394 g/mol. The molecule has 1 atom stereocenters. The molecule has 3 heterocycles. The molecule has 3 N–H and O–H groups in total. The summed E-state index contributed by atoms with van der Waals surface area (Å²) in [5.41, 5.74) is 8.14. The van der Waals surface area contributed by atoms with E-state index in [-0.39, 0.29) is 17.9 Å². The molecule has 1 fully saturated rings. The summed E-state index contributed by atoms with van der Waals surface area (Å²) in [5, 5.41) is 3.39. The van der Waals surface area contributed by atoms with Crippen molar-refractivity contribution >= 4 is 39.1 Å². The summed E-state index contributed by atoms with van der Waals surface area (Å²) in [7, 11) is 1.58. The van der Waals surface area contributed by atoms with Gasteiger partial charge in [-0.05, 0) is 43.5 Å². The van der Waals surface area contributed by atoms with Gasteiger partial charge < -0.3 is 16.0 Å². The van der Waals surface area contributed by atoms with Gasteiger partial charge in [-0.15, -0.1) is 11.3 Å². The summed E-state index contributed by atoms with van der Waals surface area (Å²) in [4.78, 5) is 33.0. The zero-order valence-electron chi connectivity index (χ0n) is 15.6. The molecule has 0 radical (unpaired) electrons. The molecule has 0 unspecified atom stereocenters. The maximum Gasteiger partial charge on any atom is 0.263 e. The lowest BCUT2D eigenvalue weighted by molar-refractivity contribution is 0.0606. The first-order valence-corrected chi connectivity index (χ1v) is 10.2. The fourth-order valence-electron chi connectivity index (χ4n) is 3.71. The lowest BCUT2D eigenvalue weighted by atomic mass is 9.97. The Bertz CT molecular complexity index is 1030. The average Bonchev–Trinajstić information content (AvgIpc) is 3.09. The number of nitrogens with zero attached hydrogens (tertiary/aromatic N) is 2. The molecule has 1 aliphatic heterocycles. The zero-order chi connectivity index (χ0) is 19.7. The van der Waals surface area contributed by atoms with Crippen LogP contribution >= 0.6 is 11.3 Å². The molecule has 3 aromatic rings. The number of pyridine rings is 1. The predicted molar refractivity (Wildman–Crippen MR) is 111 cm³/mol. The van der Waals surface area contributed by atoms with Gasteiger partial charge in [-0.1, -0.05) is 18.2 Å². The van der Waals surface area contributed by atoms with Gasteiger partial charge in [-0.25, -0.2) is 4.98 Å². The van der Waals surface area contributed by atoms with E-state index < -0.39 is 0 Å². The first-order valence-electron chi connectivity index (χ1n) is 9.37. The maximum atomic E-state index is 13.1. The van der Waals surface area contributed by atoms with Crippen molar-refractivity contribution in [1.29, 1.82) is 0 Å². The summed E-state index contributed by atoms with van der Waals surface area (Å²) >= 11 is 1.29. The number of rotatable bonds is 3. The zero-order valence-corrected chi connectivity index (χ0v) is 16.5. The molecule has 28 heavy (non-hydrogen) atoms. The second kappa shape index (κ2) is 7.59. The van der Waals surface area contributed by atoms with Crippen LogP contribution in [0, 0.1) is 0 Å². The molecule has 2 amide bonds. The molecule has 7 heteroatoms. The molecule has 1 aliphatic rings. The Kier molecular flexibility index (Phi) is 5.00. The van der Waals surface area contributed by atoms with E-state index in [0.717, 1.165) is 35.2 Å². The first kappa shape index (κ1) is 18.4. The van der Waals surface area contributed by atoms with Crippen LogP contribution in [-0.2, 0) is 0 Å². The van der Waals surface area contributed by atoms with Crippen LogP contribution in [0.2, 0.25) is 0 Å². The van der Waals surface area contributed by atoms with Crippen molar-refractivity contribution in [3.63, 3.8) is 0 Å². The number of anilines is 1. The van der Waals surface area contributed by atoms with Crippen molar-refractivity contribution in [3.05, 3.63) is 58.6 Å². The van der Waals surface area contributed by atoms with Gasteiger partial charge in [-0.2, -0.15) is 0 Å². The Morgan fingerprint density at radius 2 is 1.96 bits per heavy atom. The third kappa shape index (κ3) is 3.22. The number of nitrogens with two attached hydrogens (primary N) is 1. The fourth-order valence-corrected chi connectivity index (χ4v) is 4.75. The van der Waals surface area contributed by atoms with E-state index in [4.69, 9.17) is 10.7 Å².